The zero-order chi connectivity index (χ0) is 14.6. The quantitative estimate of drug-likeness (QED) is 0.722. The van der Waals surface area contributed by atoms with E-state index in [9.17, 15) is 9.18 Å². The largest absolute Gasteiger partial charge is 0.328 e. The molecule has 1 aliphatic rings. The van der Waals surface area contributed by atoms with Crippen molar-refractivity contribution in [2.75, 3.05) is 0 Å². The molecule has 0 aliphatic heterocycles. The van der Waals surface area contributed by atoms with Crippen LogP contribution in [0.4, 0.5) is 4.39 Å². The Morgan fingerprint density at radius 1 is 1.24 bits per heavy atom. The molecular formula is C14H16FN5O. The third-order valence-electron chi connectivity index (χ3n) is 4.58. The van der Waals surface area contributed by atoms with Gasteiger partial charge in [0.25, 0.3) is 0 Å². The Balaban J connectivity index is 2.05. The number of halogens is 1. The summed E-state index contributed by atoms with van der Waals surface area (Å²) in [4.78, 5) is 17.6. The van der Waals surface area contributed by atoms with Gasteiger partial charge in [0.2, 0.25) is 0 Å². The normalized spacial score (nSPS) is 23.1. The molecule has 7 heteroatoms. The summed E-state index contributed by atoms with van der Waals surface area (Å²) < 4.78 is 15.2. The van der Waals surface area contributed by atoms with Crippen LogP contribution >= 0.6 is 0 Å². The van der Waals surface area contributed by atoms with E-state index in [4.69, 9.17) is 0 Å². The lowest BCUT2D eigenvalue weighted by Crippen LogP contribution is -2.28. The lowest BCUT2D eigenvalue weighted by Gasteiger charge is -2.29. The fourth-order valence-corrected chi connectivity index (χ4v) is 3.53. The first-order valence-corrected chi connectivity index (χ1v) is 7.30. The first-order valence-electron chi connectivity index (χ1n) is 7.30. The minimum Gasteiger partial charge on any atom is -0.315 e. The Kier molecular flexibility index (Phi) is 2.63. The maximum Gasteiger partial charge on any atom is 0.328 e. The summed E-state index contributed by atoms with van der Waals surface area (Å²) >= 11 is 0. The van der Waals surface area contributed by atoms with Gasteiger partial charge in [0.05, 0.1) is 5.39 Å². The summed E-state index contributed by atoms with van der Waals surface area (Å²) in [6.07, 6.45) is 4.37. The average molecular weight is 289 g/mol. The van der Waals surface area contributed by atoms with Crippen molar-refractivity contribution in [3.05, 3.63) is 22.5 Å². The maximum absolute atomic E-state index is 13.5. The predicted molar refractivity (Wildman–Crippen MR) is 76.6 cm³/mol. The van der Waals surface area contributed by atoms with E-state index in [1.165, 1.54) is 12.5 Å². The molecule has 1 aliphatic carbocycles. The van der Waals surface area contributed by atoms with E-state index in [1.807, 2.05) is 0 Å². The molecule has 2 N–H and O–H groups in total. The van der Waals surface area contributed by atoms with Crippen LogP contribution in [-0.2, 0) is 0 Å². The van der Waals surface area contributed by atoms with Crippen molar-refractivity contribution in [2.24, 2.45) is 5.92 Å². The van der Waals surface area contributed by atoms with E-state index in [-0.39, 0.29) is 11.7 Å². The van der Waals surface area contributed by atoms with Crippen LogP contribution in [0.25, 0.3) is 22.2 Å². The highest BCUT2D eigenvalue weighted by Crippen LogP contribution is 2.35. The van der Waals surface area contributed by atoms with E-state index in [0.29, 0.717) is 28.1 Å². The number of nitrogens with zero attached hydrogens (tertiary/aromatic N) is 3. The molecule has 2 unspecified atom stereocenters. The number of hydrogen-bond acceptors (Lipinski definition) is 3. The molecule has 21 heavy (non-hydrogen) atoms. The van der Waals surface area contributed by atoms with Crippen molar-refractivity contribution in [1.29, 1.82) is 0 Å². The molecule has 3 aromatic rings. The number of aromatic nitrogens is 5. The standard InChI is InChI=1S/C14H16FN5O/c1-7-4-2-3-5-9(7)20-11-8-6-10(15)16-12(8)18-19-13(11)17-14(20)21/h6-7,9H,2-5H2,1H3,(H,16,18)(H,17,19,21). The molecule has 1 fully saturated rings. The predicted octanol–water partition coefficient (Wildman–Crippen LogP) is 2.49. The molecule has 0 bridgehead atoms. The number of imidazole rings is 1. The molecule has 0 radical (unpaired) electrons. The maximum atomic E-state index is 13.5. The summed E-state index contributed by atoms with van der Waals surface area (Å²) in [5, 5.41) is 8.52. The van der Waals surface area contributed by atoms with Crippen LogP contribution in [0, 0.1) is 11.9 Å². The molecule has 3 heterocycles. The zero-order valence-corrected chi connectivity index (χ0v) is 11.7. The van der Waals surface area contributed by atoms with Crippen LogP contribution in [0.3, 0.4) is 0 Å². The monoisotopic (exact) mass is 289 g/mol. The topological polar surface area (TPSA) is 79.4 Å². The number of rotatable bonds is 1. The third kappa shape index (κ3) is 1.80. The Hall–Kier alpha value is -2.18. The number of H-pyrrole nitrogens is 2. The molecule has 0 saturated heterocycles. The van der Waals surface area contributed by atoms with E-state index in [1.54, 1.807) is 4.57 Å². The molecular weight excluding hydrogens is 273 g/mol. The summed E-state index contributed by atoms with van der Waals surface area (Å²) in [5.74, 6) is -0.0499. The van der Waals surface area contributed by atoms with Gasteiger partial charge in [0.1, 0.15) is 5.52 Å². The van der Waals surface area contributed by atoms with E-state index < -0.39 is 5.95 Å². The van der Waals surface area contributed by atoms with Gasteiger partial charge in [0, 0.05) is 12.1 Å². The molecule has 110 valence electrons. The first-order chi connectivity index (χ1) is 10.1. The molecule has 2 atom stereocenters. The zero-order valence-electron chi connectivity index (χ0n) is 11.7. The van der Waals surface area contributed by atoms with Gasteiger partial charge in [-0.3, -0.25) is 9.55 Å². The average Bonchev–Trinajstić information content (AvgIpc) is 2.98. The summed E-state index contributed by atoms with van der Waals surface area (Å²) in [6, 6.07) is 1.51. The fourth-order valence-electron chi connectivity index (χ4n) is 3.53. The Labute approximate surface area is 119 Å². The van der Waals surface area contributed by atoms with Gasteiger partial charge in [-0.05, 0) is 18.8 Å². The molecule has 3 aromatic heterocycles. The summed E-state index contributed by atoms with van der Waals surface area (Å²) in [7, 11) is 0. The number of hydrogen-bond donors (Lipinski definition) is 2. The second-order valence-electron chi connectivity index (χ2n) is 5.91. The first kappa shape index (κ1) is 12.6. The number of fused-ring (bicyclic) bond motifs is 3. The van der Waals surface area contributed by atoms with Gasteiger partial charge in [-0.2, -0.15) is 4.39 Å². The van der Waals surface area contributed by atoms with Crippen LogP contribution in [0.15, 0.2) is 10.9 Å². The molecule has 0 amide bonds. The van der Waals surface area contributed by atoms with Crippen molar-refractivity contribution in [3.8, 4) is 0 Å². The minimum atomic E-state index is -0.469. The van der Waals surface area contributed by atoms with E-state index in [2.05, 4.69) is 27.1 Å². The lowest BCUT2D eigenvalue weighted by atomic mass is 9.85. The van der Waals surface area contributed by atoms with Crippen molar-refractivity contribution >= 4 is 22.2 Å². The van der Waals surface area contributed by atoms with Gasteiger partial charge >= 0.3 is 5.69 Å². The third-order valence-corrected chi connectivity index (χ3v) is 4.58. The van der Waals surface area contributed by atoms with E-state index >= 15 is 0 Å². The van der Waals surface area contributed by atoms with Crippen LogP contribution in [0.2, 0.25) is 0 Å². The van der Waals surface area contributed by atoms with Crippen LogP contribution in [-0.4, -0.2) is 24.7 Å². The van der Waals surface area contributed by atoms with Gasteiger partial charge in [-0.25, -0.2) is 4.79 Å². The van der Waals surface area contributed by atoms with Gasteiger partial charge in [-0.1, -0.05) is 19.8 Å². The lowest BCUT2D eigenvalue weighted by molar-refractivity contribution is 0.258. The molecule has 0 spiro atoms. The highest BCUT2D eigenvalue weighted by Gasteiger charge is 2.27. The highest BCUT2D eigenvalue weighted by molar-refractivity contribution is 5.99. The summed E-state index contributed by atoms with van der Waals surface area (Å²) in [6.45, 7) is 2.17. The van der Waals surface area contributed by atoms with Gasteiger partial charge in [0.15, 0.2) is 17.2 Å². The van der Waals surface area contributed by atoms with Crippen LogP contribution < -0.4 is 5.69 Å². The smallest absolute Gasteiger partial charge is 0.315 e. The SMILES string of the molecule is CC1CCCCC1n1c(=O)[nH]c2nnc3[nH]c(F)cc3c21. The van der Waals surface area contributed by atoms with Gasteiger partial charge < -0.3 is 4.98 Å². The molecule has 1 saturated carbocycles. The fraction of sp³-hybridized carbons (Fsp3) is 0.500. The Bertz CT molecular complexity index is 877. The Morgan fingerprint density at radius 2 is 2.00 bits per heavy atom. The highest BCUT2D eigenvalue weighted by atomic mass is 19.1. The number of aromatic amines is 2. The van der Waals surface area contributed by atoms with E-state index in [0.717, 1.165) is 19.3 Å². The van der Waals surface area contributed by atoms with Crippen LogP contribution in [0.1, 0.15) is 38.6 Å². The molecule has 0 aromatic carbocycles. The molecule has 4 rings (SSSR count). The Morgan fingerprint density at radius 3 is 2.81 bits per heavy atom. The number of nitrogens with one attached hydrogen (secondary N) is 2. The van der Waals surface area contributed by atoms with Crippen molar-refractivity contribution in [1.82, 2.24) is 24.7 Å². The van der Waals surface area contributed by atoms with Crippen LogP contribution in [0.5, 0.6) is 0 Å². The van der Waals surface area contributed by atoms with Crippen molar-refractivity contribution in [2.45, 2.75) is 38.6 Å². The van der Waals surface area contributed by atoms with Crippen molar-refractivity contribution in [3.63, 3.8) is 0 Å². The minimum absolute atomic E-state index is 0.130. The molecule has 6 nitrogen and oxygen atoms in total. The summed E-state index contributed by atoms with van der Waals surface area (Å²) in [5.41, 5.74) is 1.26. The second-order valence-corrected chi connectivity index (χ2v) is 5.91. The van der Waals surface area contributed by atoms with Gasteiger partial charge in [-0.15, -0.1) is 10.2 Å². The second kappa shape index (κ2) is 4.41. The van der Waals surface area contributed by atoms with Crippen molar-refractivity contribution < 1.29 is 4.39 Å².